The molecular formula is C25H24F4N4O2. The van der Waals surface area contributed by atoms with Crippen molar-refractivity contribution in [1.29, 1.82) is 0 Å². The van der Waals surface area contributed by atoms with E-state index in [4.69, 9.17) is 4.74 Å². The minimum atomic E-state index is -2.75. The predicted molar refractivity (Wildman–Crippen MR) is 121 cm³/mol. The summed E-state index contributed by atoms with van der Waals surface area (Å²) in [5.74, 6) is -5.10. The van der Waals surface area contributed by atoms with Crippen molar-refractivity contribution in [3.8, 4) is 17.3 Å². The number of nitrogens with one attached hydrogen (secondary N) is 1. The van der Waals surface area contributed by atoms with E-state index in [1.807, 2.05) is 13.8 Å². The van der Waals surface area contributed by atoms with Crippen LogP contribution in [0.4, 0.5) is 23.2 Å². The zero-order chi connectivity index (χ0) is 25.2. The first-order valence-electron chi connectivity index (χ1n) is 11.2. The molecule has 10 heteroatoms. The first kappa shape index (κ1) is 24.6. The summed E-state index contributed by atoms with van der Waals surface area (Å²) in [5, 5.41) is 2.72. The Labute approximate surface area is 199 Å². The zero-order valence-corrected chi connectivity index (χ0v) is 19.2. The van der Waals surface area contributed by atoms with Crippen molar-refractivity contribution in [3.05, 3.63) is 65.6 Å². The Morgan fingerprint density at radius 1 is 1.09 bits per heavy atom. The van der Waals surface area contributed by atoms with Crippen LogP contribution >= 0.6 is 0 Å². The molecule has 0 radical (unpaired) electrons. The summed E-state index contributed by atoms with van der Waals surface area (Å²) in [7, 11) is 0. The van der Waals surface area contributed by atoms with Gasteiger partial charge in [-0.15, -0.1) is 0 Å². The number of halogens is 4. The maximum Gasteiger partial charge on any atom is 0.316 e. The molecule has 0 bridgehead atoms. The highest BCUT2D eigenvalue weighted by Gasteiger charge is 2.36. The summed E-state index contributed by atoms with van der Waals surface area (Å²) in [6.07, 6.45) is 3.55. The maximum absolute atomic E-state index is 14.7. The van der Waals surface area contributed by atoms with Gasteiger partial charge in [0.25, 0.3) is 5.91 Å². The molecule has 2 heterocycles. The number of benzene rings is 1. The molecule has 184 valence electrons. The summed E-state index contributed by atoms with van der Waals surface area (Å²) in [5.41, 5.74) is 0.616. The van der Waals surface area contributed by atoms with Crippen LogP contribution in [-0.2, 0) is 0 Å². The van der Waals surface area contributed by atoms with Gasteiger partial charge in [0.2, 0.25) is 5.92 Å². The van der Waals surface area contributed by atoms with Crippen LogP contribution in [0.1, 0.15) is 61.4 Å². The van der Waals surface area contributed by atoms with Crippen LogP contribution in [0.2, 0.25) is 0 Å². The van der Waals surface area contributed by atoms with Crippen LogP contribution in [0.5, 0.6) is 6.01 Å². The minimum absolute atomic E-state index is 0.00543. The minimum Gasteiger partial charge on any atom is -0.461 e. The fraction of sp³-hybridized carbons (Fsp3) is 0.360. The Morgan fingerprint density at radius 2 is 1.77 bits per heavy atom. The van der Waals surface area contributed by atoms with Crippen molar-refractivity contribution in [2.75, 3.05) is 5.32 Å². The van der Waals surface area contributed by atoms with Crippen molar-refractivity contribution in [2.45, 2.75) is 57.5 Å². The molecule has 1 saturated carbocycles. The van der Waals surface area contributed by atoms with Crippen molar-refractivity contribution in [2.24, 2.45) is 0 Å². The average molecular weight is 488 g/mol. The average Bonchev–Trinajstić information content (AvgIpc) is 2.81. The molecular weight excluding hydrogens is 464 g/mol. The largest absolute Gasteiger partial charge is 0.461 e. The summed E-state index contributed by atoms with van der Waals surface area (Å²) >= 11 is 0. The molecule has 0 spiro atoms. The van der Waals surface area contributed by atoms with Crippen molar-refractivity contribution in [3.63, 3.8) is 0 Å². The topological polar surface area (TPSA) is 77.0 Å². The van der Waals surface area contributed by atoms with E-state index in [2.05, 4.69) is 20.3 Å². The molecule has 1 aliphatic carbocycles. The first-order chi connectivity index (χ1) is 16.6. The van der Waals surface area contributed by atoms with Crippen molar-refractivity contribution in [1.82, 2.24) is 15.0 Å². The van der Waals surface area contributed by atoms with E-state index in [-0.39, 0.29) is 66.2 Å². The summed E-state index contributed by atoms with van der Waals surface area (Å²) in [6.45, 7) is 3.62. The van der Waals surface area contributed by atoms with Gasteiger partial charge in [0.1, 0.15) is 11.6 Å². The monoisotopic (exact) mass is 488 g/mol. The lowest BCUT2D eigenvalue weighted by Gasteiger charge is -2.30. The van der Waals surface area contributed by atoms with Gasteiger partial charge in [-0.1, -0.05) is 0 Å². The first-order valence-corrected chi connectivity index (χ1v) is 11.2. The Bertz CT molecular complexity index is 1210. The van der Waals surface area contributed by atoms with Gasteiger partial charge in [-0.3, -0.25) is 9.78 Å². The van der Waals surface area contributed by atoms with E-state index in [0.717, 1.165) is 18.2 Å². The van der Waals surface area contributed by atoms with E-state index in [1.54, 1.807) is 6.07 Å². The van der Waals surface area contributed by atoms with Gasteiger partial charge >= 0.3 is 6.01 Å². The van der Waals surface area contributed by atoms with Crippen LogP contribution in [0.25, 0.3) is 11.3 Å². The van der Waals surface area contributed by atoms with Gasteiger partial charge in [0.05, 0.1) is 23.0 Å². The van der Waals surface area contributed by atoms with Gasteiger partial charge in [0, 0.05) is 37.0 Å². The molecule has 6 nitrogen and oxygen atoms in total. The Morgan fingerprint density at radius 3 is 2.43 bits per heavy atom. The van der Waals surface area contributed by atoms with Crippen LogP contribution in [0, 0.1) is 11.6 Å². The number of carbonyl (C=O) groups excluding carboxylic acids is 1. The molecule has 2 aromatic heterocycles. The number of anilines is 1. The number of hydrogen-bond acceptors (Lipinski definition) is 5. The molecule has 1 aliphatic rings. The predicted octanol–water partition coefficient (Wildman–Crippen LogP) is 6.15. The molecule has 0 unspecified atom stereocenters. The molecule has 1 N–H and O–H groups in total. The quantitative estimate of drug-likeness (QED) is 0.421. The second-order valence-corrected chi connectivity index (χ2v) is 8.75. The lowest BCUT2D eigenvalue weighted by atomic mass is 9.81. The number of nitrogens with zero attached hydrogens (tertiary/aromatic N) is 3. The number of amides is 1. The van der Waals surface area contributed by atoms with E-state index in [0.29, 0.717) is 5.56 Å². The van der Waals surface area contributed by atoms with Gasteiger partial charge in [-0.05, 0) is 62.4 Å². The van der Waals surface area contributed by atoms with Crippen molar-refractivity contribution >= 4 is 11.6 Å². The molecule has 0 saturated heterocycles. The number of alkyl halides is 2. The Kier molecular flexibility index (Phi) is 7.00. The number of hydrogen-bond donors (Lipinski definition) is 1. The van der Waals surface area contributed by atoms with E-state index >= 15 is 0 Å². The molecule has 0 atom stereocenters. The van der Waals surface area contributed by atoms with Crippen LogP contribution in [0.15, 0.2) is 42.9 Å². The smallest absolute Gasteiger partial charge is 0.316 e. The Balaban J connectivity index is 1.72. The number of rotatable bonds is 6. The van der Waals surface area contributed by atoms with Gasteiger partial charge in [-0.2, -0.15) is 0 Å². The normalized spacial score (nSPS) is 15.7. The molecule has 35 heavy (non-hydrogen) atoms. The van der Waals surface area contributed by atoms with Gasteiger partial charge < -0.3 is 10.1 Å². The lowest BCUT2D eigenvalue weighted by Crippen LogP contribution is -2.25. The summed E-state index contributed by atoms with van der Waals surface area (Å²) in [4.78, 5) is 25.3. The number of aromatic nitrogens is 3. The fourth-order valence-electron chi connectivity index (χ4n) is 4.07. The highest BCUT2D eigenvalue weighted by Crippen LogP contribution is 2.44. The highest BCUT2D eigenvalue weighted by molar-refractivity contribution is 6.06. The molecule has 3 aromatic rings. The van der Waals surface area contributed by atoms with E-state index in [9.17, 15) is 22.4 Å². The second kappa shape index (κ2) is 9.97. The van der Waals surface area contributed by atoms with Crippen LogP contribution < -0.4 is 10.1 Å². The third-order valence-electron chi connectivity index (χ3n) is 5.79. The highest BCUT2D eigenvalue weighted by atomic mass is 19.3. The van der Waals surface area contributed by atoms with E-state index in [1.165, 1.54) is 18.6 Å². The van der Waals surface area contributed by atoms with E-state index < -0.39 is 23.5 Å². The zero-order valence-electron chi connectivity index (χ0n) is 19.2. The molecule has 1 amide bonds. The SMILES string of the molecule is CC(C)Oc1ncc(C(=O)Nc2c(C3CCC(F)(F)CC3)ccnc2-c2cc(F)ccc2F)cn1. The molecule has 0 aliphatic heterocycles. The third kappa shape index (κ3) is 5.75. The van der Waals surface area contributed by atoms with Gasteiger partial charge in [-0.25, -0.2) is 27.5 Å². The fourth-order valence-corrected chi connectivity index (χ4v) is 4.07. The number of pyridine rings is 1. The maximum atomic E-state index is 14.7. The molecule has 1 aromatic carbocycles. The standard InChI is InChI=1S/C25H24F4N4O2/c1-14(2)35-24-31-12-16(13-32-24)23(34)33-22-18(15-5-8-25(28,29)9-6-15)7-10-30-21(22)19-11-17(26)3-4-20(19)27/h3-4,7,10-15H,5-6,8-9H2,1-2H3,(H,33,34). The van der Waals surface area contributed by atoms with Crippen LogP contribution in [-0.4, -0.2) is 32.9 Å². The number of carbonyl (C=O) groups is 1. The Hall–Kier alpha value is -3.56. The lowest BCUT2D eigenvalue weighted by molar-refractivity contribution is -0.0381. The summed E-state index contributed by atoms with van der Waals surface area (Å²) < 4.78 is 61.6. The third-order valence-corrected chi connectivity index (χ3v) is 5.79. The number of ether oxygens (including phenoxy) is 1. The molecule has 4 rings (SSSR count). The second-order valence-electron chi connectivity index (χ2n) is 8.75. The summed E-state index contributed by atoms with van der Waals surface area (Å²) in [6, 6.07) is 4.63. The van der Waals surface area contributed by atoms with Gasteiger partial charge in [0.15, 0.2) is 0 Å². The van der Waals surface area contributed by atoms with Crippen molar-refractivity contribution < 1.29 is 27.1 Å². The van der Waals surface area contributed by atoms with Crippen LogP contribution in [0.3, 0.4) is 0 Å². The molecule has 1 fully saturated rings.